The Bertz CT molecular complexity index is 740. The van der Waals surface area contributed by atoms with Crippen molar-refractivity contribution >= 4 is 0 Å². The Labute approximate surface area is 144 Å². The minimum atomic E-state index is 0.391. The van der Waals surface area contributed by atoms with Crippen LogP contribution in [0.25, 0.3) is 0 Å². The van der Waals surface area contributed by atoms with Gasteiger partial charge in [0.15, 0.2) is 0 Å². The lowest BCUT2D eigenvalue weighted by atomic mass is 10.1. The van der Waals surface area contributed by atoms with Gasteiger partial charge >= 0.3 is 0 Å². The third kappa shape index (κ3) is 4.71. The van der Waals surface area contributed by atoms with Gasteiger partial charge in [-0.3, -0.25) is 0 Å². The number of rotatable bonds is 7. The Morgan fingerprint density at radius 3 is 1.88 bits per heavy atom. The molecule has 2 nitrogen and oxygen atoms in total. The first-order valence-corrected chi connectivity index (χ1v) is 8.49. The van der Waals surface area contributed by atoms with Gasteiger partial charge in [0.2, 0.25) is 0 Å². The van der Waals surface area contributed by atoms with Gasteiger partial charge in [-0.1, -0.05) is 72.8 Å². The fraction of sp³-hybridized carbons (Fsp3) is 0.182. The van der Waals surface area contributed by atoms with Crippen LogP contribution in [-0.4, -0.2) is 11.7 Å². The molecule has 122 valence electrons. The predicted octanol–water partition coefficient (Wildman–Crippen LogP) is 3.22. The predicted molar refractivity (Wildman–Crippen MR) is 97.9 cm³/mol. The molecule has 0 saturated carbocycles. The summed E-state index contributed by atoms with van der Waals surface area (Å²) in [5, 5.41) is 10.1. The number of hydrogen-bond donors (Lipinski definition) is 2. The molecule has 3 aromatic carbocycles. The lowest BCUT2D eigenvalue weighted by Gasteiger charge is -2.20. The number of aromatic hydroxyl groups is 1. The largest absolute Gasteiger partial charge is 0.507 e. The van der Waals surface area contributed by atoms with E-state index in [1.165, 1.54) is 16.0 Å². The van der Waals surface area contributed by atoms with E-state index in [1.807, 2.05) is 18.2 Å². The Hall–Kier alpha value is -2.58. The molecule has 2 N–H and O–H groups in total. The van der Waals surface area contributed by atoms with Crippen LogP contribution in [0.1, 0.15) is 16.7 Å². The molecular weight excluding hydrogens is 294 g/mol. The molecule has 1 atom stereocenters. The van der Waals surface area contributed by atoms with E-state index in [4.69, 9.17) is 0 Å². The highest BCUT2D eigenvalue weighted by atomic mass is 16.3. The van der Waals surface area contributed by atoms with Crippen LogP contribution in [0.2, 0.25) is 0 Å². The topological polar surface area (TPSA) is 24.7 Å². The zero-order valence-electron chi connectivity index (χ0n) is 13.9. The number of quaternary nitrogens is 1. The number of benzene rings is 3. The van der Waals surface area contributed by atoms with E-state index in [2.05, 4.69) is 60.7 Å². The molecule has 0 spiro atoms. The van der Waals surface area contributed by atoms with Gasteiger partial charge in [-0.15, -0.1) is 0 Å². The number of para-hydroxylation sites is 1. The lowest BCUT2D eigenvalue weighted by Crippen LogP contribution is -3.09. The molecule has 2 heteroatoms. The van der Waals surface area contributed by atoms with E-state index < -0.39 is 0 Å². The maximum Gasteiger partial charge on any atom is 0.124 e. The monoisotopic (exact) mass is 318 g/mol. The van der Waals surface area contributed by atoms with Gasteiger partial charge in [0, 0.05) is 17.5 Å². The number of hydrogen-bond acceptors (Lipinski definition) is 1. The van der Waals surface area contributed by atoms with Crippen molar-refractivity contribution in [3.63, 3.8) is 0 Å². The van der Waals surface area contributed by atoms with Crippen LogP contribution in [0.4, 0.5) is 0 Å². The van der Waals surface area contributed by atoms with E-state index in [0.717, 1.165) is 31.6 Å². The molecule has 1 unspecified atom stereocenters. The molecule has 0 amide bonds. The van der Waals surface area contributed by atoms with Crippen LogP contribution in [-0.2, 0) is 19.5 Å². The molecule has 0 heterocycles. The van der Waals surface area contributed by atoms with Crippen LogP contribution in [0.3, 0.4) is 0 Å². The van der Waals surface area contributed by atoms with Crippen LogP contribution in [0.15, 0.2) is 84.9 Å². The summed E-state index contributed by atoms with van der Waals surface area (Å²) in [6, 6.07) is 28.8. The molecule has 0 aliphatic heterocycles. The molecule has 0 saturated heterocycles. The molecular formula is C22H24NO+. The van der Waals surface area contributed by atoms with Crippen molar-refractivity contribution in [3.8, 4) is 5.75 Å². The standard InChI is InChI=1S/C22H23NO/c24-22-14-8-7-13-21(22)18-23(17-20-11-5-2-6-12-20)16-15-19-9-3-1-4-10-19/h1-14,24H,15-18H2/p+1. The second-order valence-corrected chi connectivity index (χ2v) is 6.20. The minimum absolute atomic E-state index is 0.391. The fourth-order valence-corrected chi connectivity index (χ4v) is 3.02. The highest BCUT2D eigenvalue weighted by Crippen LogP contribution is 2.14. The van der Waals surface area contributed by atoms with Crippen LogP contribution in [0, 0.1) is 0 Å². The Morgan fingerprint density at radius 2 is 1.21 bits per heavy atom. The number of nitrogens with one attached hydrogen (secondary N) is 1. The van der Waals surface area contributed by atoms with Crippen LogP contribution in [0.5, 0.6) is 5.75 Å². The third-order valence-corrected chi connectivity index (χ3v) is 4.34. The second-order valence-electron chi connectivity index (χ2n) is 6.20. The summed E-state index contributed by atoms with van der Waals surface area (Å²) in [6.07, 6.45) is 1.04. The van der Waals surface area contributed by atoms with Crippen molar-refractivity contribution in [2.24, 2.45) is 0 Å². The third-order valence-electron chi connectivity index (χ3n) is 4.34. The summed E-state index contributed by atoms with van der Waals surface area (Å²) >= 11 is 0. The first-order valence-electron chi connectivity index (χ1n) is 8.49. The van der Waals surface area contributed by atoms with Crippen molar-refractivity contribution in [1.29, 1.82) is 0 Å². The number of phenols is 1. The summed E-state index contributed by atoms with van der Waals surface area (Å²) in [4.78, 5) is 1.45. The summed E-state index contributed by atoms with van der Waals surface area (Å²) in [7, 11) is 0. The first kappa shape index (κ1) is 16.3. The lowest BCUT2D eigenvalue weighted by molar-refractivity contribution is -0.927. The highest BCUT2D eigenvalue weighted by Gasteiger charge is 2.13. The quantitative estimate of drug-likeness (QED) is 0.687. The highest BCUT2D eigenvalue weighted by molar-refractivity contribution is 5.30. The van der Waals surface area contributed by atoms with Crippen molar-refractivity contribution in [3.05, 3.63) is 102 Å². The summed E-state index contributed by atoms with van der Waals surface area (Å²) in [5.41, 5.74) is 3.70. The van der Waals surface area contributed by atoms with E-state index >= 15 is 0 Å². The molecule has 0 fully saturated rings. The normalized spacial score (nSPS) is 12.0. The van der Waals surface area contributed by atoms with Gasteiger partial charge in [0.05, 0.1) is 6.54 Å². The number of phenolic OH excluding ortho intramolecular Hbond substituents is 1. The van der Waals surface area contributed by atoms with Crippen molar-refractivity contribution in [2.45, 2.75) is 19.5 Å². The molecule has 0 bridgehead atoms. The van der Waals surface area contributed by atoms with Gasteiger partial charge in [-0.05, 0) is 17.7 Å². The molecule has 24 heavy (non-hydrogen) atoms. The molecule has 3 rings (SSSR count). The zero-order chi connectivity index (χ0) is 16.6. The molecule has 0 aliphatic carbocycles. The molecule has 0 aromatic heterocycles. The van der Waals surface area contributed by atoms with E-state index in [0.29, 0.717) is 5.75 Å². The van der Waals surface area contributed by atoms with Gasteiger partial charge in [0.1, 0.15) is 18.8 Å². The van der Waals surface area contributed by atoms with E-state index in [1.54, 1.807) is 6.07 Å². The fourth-order valence-electron chi connectivity index (χ4n) is 3.02. The smallest absolute Gasteiger partial charge is 0.124 e. The van der Waals surface area contributed by atoms with Crippen LogP contribution < -0.4 is 4.90 Å². The van der Waals surface area contributed by atoms with Crippen molar-refractivity contribution in [1.82, 2.24) is 0 Å². The first-order chi connectivity index (χ1) is 11.8. The molecule has 3 aromatic rings. The van der Waals surface area contributed by atoms with Gasteiger partial charge in [0.25, 0.3) is 0 Å². The Kier molecular flexibility index (Phi) is 5.65. The Balaban J connectivity index is 1.71. The summed E-state index contributed by atoms with van der Waals surface area (Å²) in [5.74, 6) is 0.391. The van der Waals surface area contributed by atoms with Gasteiger partial charge < -0.3 is 10.0 Å². The van der Waals surface area contributed by atoms with Crippen molar-refractivity contribution < 1.29 is 10.0 Å². The Morgan fingerprint density at radius 1 is 0.625 bits per heavy atom. The summed E-state index contributed by atoms with van der Waals surface area (Å²) < 4.78 is 0. The van der Waals surface area contributed by atoms with E-state index in [9.17, 15) is 5.11 Å². The molecule has 0 aliphatic rings. The zero-order valence-corrected chi connectivity index (χ0v) is 13.9. The maximum absolute atomic E-state index is 10.1. The average Bonchev–Trinajstić information content (AvgIpc) is 2.63. The summed E-state index contributed by atoms with van der Waals surface area (Å²) in [6.45, 7) is 2.82. The minimum Gasteiger partial charge on any atom is -0.507 e. The van der Waals surface area contributed by atoms with E-state index in [-0.39, 0.29) is 0 Å². The van der Waals surface area contributed by atoms with Crippen molar-refractivity contribution in [2.75, 3.05) is 6.54 Å². The van der Waals surface area contributed by atoms with Gasteiger partial charge in [-0.25, -0.2) is 0 Å². The molecule has 0 radical (unpaired) electrons. The average molecular weight is 318 g/mol. The van der Waals surface area contributed by atoms with Gasteiger partial charge in [-0.2, -0.15) is 0 Å². The maximum atomic E-state index is 10.1. The second kappa shape index (κ2) is 8.32. The van der Waals surface area contributed by atoms with Crippen LogP contribution >= 0.6 is 0 Å². The SMILES string of the molecule is Oc1ccccc1C[NH+](CCc1ccccc1)Cc1ccccc1.